The molecule has 6 aliphatic rings. The maximum Gasteiger partial charge on any atom is 0.237 e. The molecule has 6 heterocycles. The first-order chi connectivity index (χ1) is 31.9. The summed E-state index contributed by atoms with van der Waals surface area (Å²) in [5, 5.41) is -1.69. The molecule has 18 nitrogen and oxygen atoms in total. The molecule has 2 unspecified atom stereocenters. The first-order valence-corrected chi connectivity index (χ1v) is 34.2. The third-order valence-corrected chi connectivity index (χ3v) is 26.9. The van der Waals surface area contributed by atoms with Gasteiger partial charge in [0.25, 0.3) is 0 Å². The molecule has 0 aromatic heterocycles. The van der Waals surface area contributed by atoms with Crippen molar-refractivity contribution in [1.29, 1.82) is 0 Å². The number of allylic oxidation sites excluding steroid dienone is 2. The van der Waals surface area contributed by atoms with E-state index in [-0.39, 0.29) is 43.6 Å². The molecule has 0 bridgehead atoms. The summed E-state index contributed by atoms with van der Waals surface area (Å²) >= 11 is 0. The molecule has 24 heteroatoms. The monoisotopic (exact) mass is 1110 g/mol. The van der Waals surface area contributed by atoms with Crippen LogP contribution in [0.5, 0.6) is 0 Å². The molecule has 0 aliphatic carbocycles. The summed E-state index contributed by atoms with van der Waals surface area (Å²) in [7, 11) is -17.8. The van der Waals surface area contributed by atoms with Crippen LogP contribution in [0, 0.1) is 11.8 Å². The van der Waals surface area contributed by atoms with Crippen LogP contribution < -0.4 is 0 Å². The van der Waals surface area contributed by atoms with E-state index < -0.39 is 60.1 Å². The zero-order chi connectivity index (χ0) is 54.7. The van der Waals surface area contributed by atoms with E-state index in [1.54, 1.807) is 100 Å². The van der Waals surface area contributed by atoms with Gasteiger partial charge in [-0.2, -0.15) is 12.9 Å². The van der Waals surface area contributed by atoms with E-state index >= 15 is 0 Å². The van der Waals surface area contributed by atoms with Crippen LogP contribution in [-0.2, 0) is 60.1 Å². The van der Waals surface area contributed by atoms with Crippen LogP contribution in [0.1, 0.15) is 157 Å². The highest BCUT2D eigenvalue weighted by Gasteiger charge is 2.40. The minimum absolute atomic E-state index is 0.224. The van der Waals surface area contributed by atoms with Crippen LogP contribution >= 0.6 is 0 Å². The summed E-state index contributed by atoms with van der Waals surface area (Å²) in [6.07, 6.45) is 8.79. The van der Waals surface area contributed by atoms with Gasteiger partial charge in [0.2, 0.25) is 60.1 Å². The van der Waals surface area contributed by atoms with Gasteiger partial charge >= 0.3 is 0 Å². The Kier molecular flexibility index (Phi) is 26.3. The zero-order valence-corrected chi connectivity index (χ0v) is 50.8. The van der Waals surface area contributed by atoms with Gasteiger partial charge in [0.05, 0.1) is 31.5 Å². The van der Waals surface area contributed by atoms with E-state index in [1.165, 1.54) is 14.2 Å². The number of hydrogen-bond acceptors (Lipinski definition) is 12. The minimum Gasteiger partial charge on any atom is -0.274 e. The molecule has 0 saturated carbocycles. The van der Waals surface area contributed by atoms with Crippen molar-refractivity contribution in [2.24, 2.45) is 11.8 Å². The van der Waals surface area contributed by atoms with Crippen molar-refractivity contribution >= 4 is 60.1 Å². The SMILES string of the molecule is C/C=C1\CCN1S(=O)(=O)C(C)C.CC1CCN1S(=O)(=O)C(C)C.CC1CN(S(=O)(=O)C(C)C)C1.CC=C1CN(S(=O)(=O)C(C)C)C1.CCC1CCN1S(=O)(=O)C(C)C.CCC1CN(S(=O)(=O)C(C)C)C1. The summed E-state index contributed by atoms with van der Waals surface area (Å²) in [5.41, 5.74) is 2.14. The largest absolute Gasteiger partial charge is 0.274 e. The van der Waals surface area contributed by atoms with E-state index in [2.05, 4.69) is 13.8 Å². The van der Waals surface area contributed by atoms with Crippen molar-refractivity contribution in [3.8, 4) is 0 Å². The lowest BCUT2D eigenvalue weighted by atomic mass is 10.0. The van der Waals surface area contributed by atoms with Gasteiger partial charge in [0, 0.05) is 83.1 Å². The normalized spacial score (nSPS) is 22.9. The van der Waals surface area contributed by atoms with E-state index in [1.807, 2.05) is 39.8 Å². The van der Waals surface area contributed by atoms with Crippen molar-refractivity contribution in [1.82, 2.24) is 25.8 Å². The molecule has 6 fully saturated rings. The number of rotatable bonds is 14. The van der Waals surface area contributed by atoms with Crippen molar-refractivity contribution in [2.45, 2.75) is 200 Å². The molecule has 0 aromatic rings. The molecule has 6 saturated heterocycles. The summed E-state index contributed by atoms with van der Waals surface area (Å²) in [6.45, 7) is 38.8. The number of hydrogen-bond donors (Lipinski definition) is 0. The fraction of sp³-hybridized carbons (Fsp3) is 0.913. The number of nitrogens with zero attached hydrogens (tertiary/aromatic N) is 6. The highest BCUT2D eigenvalue weighted by atomic mass is 32.2. The maximum absolute atomic E-state index is 11.6. The van der Waals surface area contributed by atoms with Crippen LogP contribution in [0.3, 0.4) is 0 Å². The average molecular weight is 1120 g/mol. The molecule has 0 N–H and O–H groups in total. The Balaban J connectivity index is 0.000000420. The molecule has 6 rings (SSSR count). The quantitative estimate of drug-likeness (QED) is 0.180. The van der Waals surface area contributed by atoms with Gasteiger partial charge in [-0.25, -0.2) is 59.1 Å². The minimum atomic E-state index is -3.04. The van der Waals surface area contributed by atoms with Gasteiger partial charge in [-0.05, 0) is 141 Å². The fourth-order valence-corrected chi connectivity index (χ4v) is 15.9. The van der Waals surface area contributed by atoms with Crippen molar-refractivity contribution in [3.63, 3.8) is 0 Å². The molecule has 6 aliphatic heterocycles. The van der Waals surface area contributed by atoms with Crippen LogP contribution in [-0.4, -0.2) is 179 Å². The van der Waals surface area contributed by atoms with E-state index in [9.17, 15) is 50.5 Å². The van der Waals surface area contributed by atoms with Crippen LogP contribution in [0.15, 0.2) is 23.4 Å². The molecule has 416 valence electrons. The molecule has 0 aromatic carbocycles. The molecular weight excluding hydrogens is 1020 g/mol. The highest BCUT2D eigenvalue weighted by molar-refractivity contribution is 7.91. The van der Waals surface area contributed by atoms with Crippen LogP contribution in [0.25, 0.3) is 0 Å². The zero-order valence-electron chi connectivity index (χ0n) is 45.9. The molecule has 70 heavy (non-hydrogen) atoms. The topological polar surface area (TPSA) is 224 Å². The third-order valence-electron chi connectivity index (χ3n) is 13.4. The van der Waals surface area contributed by atoms with Crippen molar-refractivity contribution < 1.29 is 50.5 Å². The van der Waals surface area contributed by atoms with Gasteiger partial charge in [-0.15, -0.1) is 0 Å². The van der Waals surface area contributed by atoms with Crippen molar-refractivity contribution in [3.05, 3.63) is 23.4 Å². The number of sulfonamides is 6. The second-order valence-corrected chi connectivity index (χ2v) is 35.4. The van der Waals surface area contributed by atoms with Crippen LogP contribution in [0.4, 0.5) is 0 Å². The van der Waals surface area contributed by atoms with E-state index in [0.717, 1.165) is 57.4 Å². The lowest BCUT2D eigenvalue weighted by Gasteiger charge is -2.40. The van der Waals surface area contributed by atoms with E-state index in [4.69, 9.17) is 0 Å². The first kappa shape index (κ1) is 66.8. The lowest BCUT2D eigenvalue weighted by Crippen LogP contribution is -2.52. The Morgan fingerprint density at radius 2 is 0.857 bits per heavy atom. The predicted molar refractivity (Wildman–Crippen MR) is 287 cm³/mol. The lowest BCUT2D eigenvalue weighted by molar-refractivity contribution is 0.192. The predicted octanol–water partition coefficient (Wildman–Crippen LogP) is 6.09. The maximum atomic E-state index is 11.6. The molecule has 0 radical (unpaired) electrons. The Morgan fingerprint density at radius 3 is 1.10 bits per heavy atom. The Morgan fingerprint density at radius 1 is 0.471 bits per heavy atom. The van der Waals surface area contributed by atoms with Gasteiger partial charge in [-0.3, -0.25) is 4.31 Å². The second-order valence-electron chi connectivity index (χ2n) is 20.6. The van der Waals surface area contributed by atoms with Gasteiger partial charge in [0.1, 0.15) is 0 Å². The Hall–Kier alpha value is -1.22. The van der Waals surface area contributed by atoms with Crippen LogP contribution in [0.2, 0.25) is 0 Å². The summed E-state index contributed by atoms with van der Waals surface area (Å²) in [6, 6.07) is 0.500. The standard InChI is InChI=1S/C8H17NO2S.C8H15NO2S.C8H17NO2S.C8H15NO2S.2C7H15NO2S/c2*1-4-8-5-9(6-8)12(10,11)7(2)3;2*1-4-8-5-6-9(8)12(10,11)7(2)3;1-6(2)11(9,10)8-4-7(3)5-8;1-6(2)11(9,10)8-5-4-7(8)3/h7-8H,4-6H2,1-3H3;4,7H,5-6H2,1-3H3;7-8H,4-6H2,1-3H3;4,7H,5-6H2,1-3H3;2*6-7H,4-5H2,1-3H3/b;;;8-4+;;. The Bertz CT molecular complexity index is 2380. The Labute approximate surface area is 428 Å². The average Bonchev–Trinajstić information content (AvgIpc) is 3.15. The molecule has 2 atom stereocenters. The van der Waals surface area contributed by atoms with Gasteiger partial charge in [0.15, 0.2) is 0 Å². The fourth-order valence-electron chi connectivity index (χ4n) is 7.24. The first-order valence-electron chi connectivity index (χ1n) is 25.2. The van der Waals surface area contributed by atoms with Crippen molar-refractivity contribution in [2.75, 3.05) is 58.9 Å². The van der Waals surface area contributed by atoms with Gasteiger partial charge < -0.3 is 0 Å². The smallest absolute Gasteiger partial charge is 0.237 e. The van der Waals surface area contributed by atoms with E-state index in [0.29, 0.717) is 51.1 Å². The molecule has 0 spiro atoms. The summed E-state index contributed by atoms with van der Waals surface area (Å²) in [4.78, 5) is 0. The molecule has 0 amide bonds. The second kappa shape index (κ2) is 27.5. The highest BCUT2D eigenvalue weighted by Crippen LogP contribution is 2.29. The summed E-state index contributed by atoms with van der Waals surface area (Å²) < 4.78 is 147. The van der Waals surface area contributed by atoms with Gasteiger partial charge in [-0.1, -0.05) is 39.3 Å². The summed E-state index contributed by atoms with van der Waals surface area (Å²) in [5.74, 6) is 1.14. The molecular formula is C46H94N6O12S6. The third kappa shape index (κ3) is 17.2.